The Bertz CT molecular complexity index is 1130. The van der Waals surface area contributed by atoms with Crippen molar-refractivity contribution in [1.29, 1.82) is 0 Å². The Kier molecular flexibility index (Phi) is 6.12. The average molecular weight is 435 g/mol. The summed E-state index contributed by atoms with van der Waals surface area (Å²) >= 11 is 0. The number of carboxylic acids is 1. The molecule has 0 amide bonds. The molecule has 0 aromatic heterocycles. The van der Waals surface area contributed by atoms with Crippen LogP contribution in [-0.2, 0) is 21.4 Å². The first-order valence-electron chi connectivity index (χ1n) is 9.16. The zero-order valence-electron chi connectivity index (χ0n) is 16.0. The largest absolute Gasteiger partial charge is 0.472 e. The lowest BCUT2D eigenvalue weighted by molar-refractivity contribution is -0.133. The van der Waals surface area contributed by atoms with Gasteiger partial charge in [-0.25, -0.2) is 22.0 Å². The van der Waals surface area contributed by atoms with Crippen LogP contribution in [0.5, 0.6) is 0 Å². The van der Waals surface area contributed by atoms with Gasteiger partial charge in [0.15, 0.2) is 0 Å². The summed E-state index contributed by atoms with van der Waals surface area (Å²) in [7, 11) is -3.85. The minimum absolute atomic E-state index is 0.247. The number of nitrogens with zero attached hydrogens (tertiary/aromatic N) is 3. The second-order valence-corrected chi connectivity index (χ2v) is 9.16. The molecule has 1 aliphatic heterocycles. The van der Waals surface area contributed by atoms with Crippen LogP contribution >= 0.6 is 0 Å². The van der Waals surface area contributed by atoms with Gasteiger partial charge >= 0.3 is 11.7 Å². The molecule has 0 saturated carbocycles. The number of sulfonamides is 1. The summed E-state index contributed by atoms with van der Waals surface area (Å²) in [6.07, 6.45) is 0.954. The third-order valence-electron chi connectivity index (χ3n) is 5.22. The third-order valence-corrected chi connectivity index (χ3v) is 7.59. The Labute approximate surface area is 172 Å². The lowest BCUT2D eigenvalue weighted by Gasteiger charge is -2.37. The lowest BCUT2D eigenvalue weighted by atomic mass is 10.0. The highest BCUT2D eigenvalue weighted by molar-refractivity contribution is 7.89. The summed E-state index contributed by atoms with van der Waals surface area (Å²) < 4.78 is 56.6. The Balaban J connectivity index is 1.97. The summed E-state index contributed by atoms with van der Waals surface area (Å²) in [5, 5.41) is 8.16. The fourth-order valence-corrected chi connectivity index (χ4v) is 5.81. The maximum atomic E-state index is 14.6. The van der Waals surface area contributed by atoms with Crippen molar-refractivity contribution in [2.75, 3.05) is 0 Å². The van der Waals surface area contributed by atoms with Crippen LogP contribution in [0.15, 0.2) is 42.5 Å². The van der Waals surface area contributed by atoms with E-state index in [2.05, 4.69) is 4.79 Å². The molecule has 0 aliphatic carbocycles. The number of carbonyl (C=O) groups is 1. The van der Waals surface area contributed by atoms with Crippen LogP contribution in [0.2, 0.25) is 0 Å². The summed E-state index contributed by atoms with van der Waals surface area (Å²) in [4.78, 5) is 13.5. The Morgan fingerprint density at radius 2 is 1.87 bits per heavy atom. The van der Waals surface area contributed by atoms with Crippen molar-refractivity contribution < 1.29 is 31.9 Å². The SMILES string of the molecule is C[C@H]1CC[C@H](c2ccccc2)S(=O)(=O)N1Cc1cc(F)c(C(=[N+]=[N-])C(=O)O)cc1F. The van der Waals surface area contributed by atoms with Crippen molar-refractivity contribution in [1.82, 2.24) is 4.31 Å². The van der Waals surface area contributed by atoms with Crippen LogP contribution in [0.3, 0.4) is 0 Å². The van der Waals surface area contributed by atoms with E-state index in [0.29, 0.717) is 24.5 Å². The van der Waals surface area contributed by atoms with Gasteiger partial charge in [-0.2, -0.15) is 9.10 Å². The maximum absolute atomic E-state index is 14.6. The van der Waals surface area contributed by atoms with Crippen LogP contribution in [0, 0.1) is 11.6 Å². The van der Waals surface area contributed by atoms with Crippen molar-refractivity contribution in [3.8, 4) is 0 Å². The summed E-state index contributed by atoms with van der Waals surface area (Å²) in [5.41, 5.74) is 7.36. The molecule has 2 atom stereocenters. The van der Waals surface area contributed by atoms with Gasteiger partial charge in [-0.3, -0.25) is 0 Å². The highest BCUT2D eigenvalue weighted by Gasteiger charge is 2.41. The molecule has 2 aromatic rings. The molecule has 0 radical (unpaired) electrons. The highest BCUT2D eigenvalue weighted by Crippen LogP contribution is 2.38. The Morgan fingerprint density at radius 1 is 1.20 bits per heavy atom. The van der Waals surface area contributed by atoms with Gasteiger partial charge in [-0.05, 0) is 37.5 Å². The molecule has 7 nitrogen and oxygen atoms in total. The molecule has 3 rings (SSSR count). The molecule has 0 spiro atoms. The van der Waals surface area contributed by atoms with Gasteiger partial charge in [0, 0.05) is 18.2 Å². The molecule has 158 valence electrons. The molecule has 1 heterocycles. The standard InChI is InChI=1S/C20H19F2N3O4S/c1-12-7-8-18(13-5-3-2-4-6-13)30(28,29)25(12)11-14-9-17(22)15(10-16(14)21)19(24-23)20(26)27/h2-6,9-10,12,18H,7-8,11H2,1H3,(H,26,27)/t12-,18+/m0/s1. The predicted molar refractivity (Wildman–Crippen MR) is 104 cm³/mol. The zero-order chi connectivity index (χ0) is 22.1. The number of aliphatic carboxylic acids is 1. The van der Waals surface area contributed by atoms with E-state index in [4.69, 9.17) is 10.6 Å². The van der Waals surface area contributed by atoms with Gasteiger partial charge in [-0.1, -0.05) is 30.3 Å². The van der Waals surface area contributed by atoms with Gasteiger partial charge in [0.1, 0.15) is 22.4 Å². The van der Waals surface area contributed by atoms with Crippen LogP contribution in [0.4, 0.5) is 8.78 Å². The second kappa shape index (κ2) is 8.43. The molecule has 1 saturated heterocycles. The number of hydrogen-bond donors (Lipinski definition) is 1. The van der Waals surface area contributed by atoms with Crippen LogP contribution in [0.1, 0.15) is 41.7 Å². The average Bonchev–Trinajstić information content (AvgIpc) is 2.69. The number of rotatable bonds is 5. The minimum atomic E-state index is -3.85. The molecule has 1 N–H and O–H groups in total. The van der Waals surface area contributed by atoms with Gasteiger partial charge in [0.2, 0.25) is 10.0 Å². The van der Waals surface area contributed by atoms with Gasteiger partial charge in [-0.15, -0.1) is 0 Å². The van der Waals surface area contributed by atoms with E-state index in [-0.39, 0.29) is 5.56 Å². The van der Waals surface area contributed by atoms with Gasteiger partial charge in [0.25, 0.3) is 0 Å². The van der Waals surface area contributed by atoms with E-state index in [1.807, 2.05) is 0 Å². The van der Waals surface area contributed by atoms with E-state index in [1.165, 1.54) is 0 Å². The molecule has 0 bridgehead atoms. The summed E-state index contributed by atoms with van der Waals surface area (Å²) in [5.74, 6) is -3.87. The smallest absolute Gasteiger partial charge is 0.419 e. The second-order valence-electron chi connectivity index (χ2n) is 7.09. The molecule has 2 aromatic carbocycles. The number of hydrogen-bond acceptors (Lipinski definition) is 3. The van der Waals surface area contributed by atoms with Crippen molar-refractivity contribution in [2.24, 2.45) is 0 Å². The van der Waals surface area contributed by atoms with Crippen molar-refractivity contribution >= 4 is 21.7 Å². The topological polar surface area (TPSA) is 111 Å². The van der Waals surface area contributed by atoms with E-state index < -0.39 is 56.7 Å². The molecular weight excluding hydrogens is 416 g/mol. The van der Waals surface area contributed by atoms with Crippen LogP contribution in [-0.4, -0.2) is 40.3 Å². The Hall–Kier alpha value is -2.94. The number of carboxylic acid groups (broad SMARTS) is 1. The summed E-state index contributed by atoms with van der Waals surface area (Å²) in [6.45, 7) is 1.29. The van der Waals surface area contributed by atoms with Crippen LogP contribution in [0.25, 0.3) is 5.53 Å². The molecule has 0 unspecified atom stereocenters. The van der Waals surface area contributed by atoms with Crippen LogP contribution < -0.4 is 0 Å². The fourth-order valence-electron chi connectivity index (χ4n) is 3.62. The van der Waals surface area contributed by atoms with Crippen molar-refractivity contribution in [3.05, 3.63) is 76.3 Å². The first kappa shape index (κ1) is 21.8. The zero-order valence-corrected chi connectivity index (χ0v) is 16.8. The summed E-state index contributed by atoms with van der Waals surface area (Å²) in [6, 6.07) is 9.58. The first-order valence-corrected chi connectivity index (χ1v) is 10.7. The van der Waals surface area contributed by atoms with Gasteiger partial charge in [0.05, 0.1) is 0 Å². The minimum Gasteiger partial charge on any atom is -0.472 e. The molecular formula is C20H19F2N3O4S. The first-order chi connectivity index (χ1) is 14.2. The molecule has 1 aliphatic rings. The third kappa shape index (κ3) is 4.02. The highest BCUT2D eigenvalue weighted by atomic mass is 32.2. The van der Waals surface area contributed by atoms with Crippen molar-refractivity contribution in [3.63, 3.8) is 0 Å². The maximum Gasteiger partial charge on any atom is 0.419 e. The van der Waals surface area contributed by atoms with E-state index in [9.17, 15) is 22.0 Å². The normalized spacial score (nSPS) is 21.0. The molecule has 30 heavy (non-hydrogen) atoms. The fraction of sp³-hybridized carbons (Fsp3) is 0.300. The van der Waals surface area contributed by atoms with E-state index >= 15 is 0 Å². The molecule has 1 fully saturated rings. The van der Waals surface area contributed by atoms with Crippen molar-refractivity contribution in [2.45, 2.75) is 37.6 Å². The van der Waals surface area contributed by atoms with Gasteiger partial charge < -0.3 is 10.6 Å². The van der Waals surface area contributed by atoms with E-state index in [1.54, 1.807) is 37.3 Å². The molecule has 10 heteroatoms. The predicted octanol–water partition coefficient (Wildman–Crippen LogP) is 3.12. The number of benzene rings is 2. The quantitative estimate of drug-likeness (QED) is 0.442. The van der Waals surface area contributed by atoms with E-state index in [0.717, 1.165) is 10.4 Å². The number of halogens is 2. The lowest BCUT2D eigenvalue weighted by Crippen LogP contribution is -2.44. The Morgan fingerprint density at radius 3 is 2.47 bits per heavy atom. The monoisotopic (exact) mass is 435 g/mol.